The van der Waals surface area contributed by atoms with Crippen LogP contribution in [0, 0.1) is 11.3 Å². The van der Waals surface area contributed by atoms with Crippen LogP contribution in [0.3, 0.4) is 0 Å². The number of nitriles is 1. The molecule has 13 heavy (non-hydrogen) atoms. The monoisotopic (exact) mass is 171 g/mol. The third-order valence-electron chi connectivity index (χ3n) is 2.04. The number of hydrogen-bond donors (Lipinski definition) is 2. The maximum absolute atomic E-state index is 8.99. The number of nitrogens with one attached hydrogen (secondary N) is 2. The zero-order valence-electron chi connectivity index (χ0n) is 6.99. The minimum absolute atomic E-state index is 0.169. The molecule has 0 saturated carbocycles. The third kappa shape index (κ3) is 1.34. The van der Waals surface area contributed by atoms with Gasteiger partial charge < -0.3 is 9.97 Å². The Morgan fingerprint density at radius 3 is 1.92 bits per heavy atom. The predicted octanol–water partition coefficient (Wildman–Crippen LogP) is 2.00. The van der Waals surface area contributed by atoms with Gasteiger partial charge in [0.05, 0.1) is 12.0 Å². The highest BCUT2D eigenvalue weighted by Crippen LogP contribution is 2.22. The topological polar surface area (TPSA) is 55.4 Å². The van der Waals surface area contributed by atoms with Crippen molar-refractivity contribution >= 4 is 0 Å². The number of H-pyrrole nitrogens is 2. The highest BCUT2D eigenvalue weighted by Gasteiger charge is 2.13. The van der Waals surface area contributed by atoms with Crippen LogP contribution in [0.2, 0.25) is 0 Å². The summed E-state index contributed by atoms with van der Waals surface area (Å²) in [5.74, 6) is -0.169. The molecule has 2 heterocycles. The first-order valence-electron chi connectivity index (χ1n) is 4.07. The minimum atomic E-state index is -0.169. The zero-order chi connectivity index (χ0) is 9.10. The van der Waals surface area contributed by atoms with Crippen LogP contribution >= 0.6 is 0 Å². The first-order valence-corrected chi connectivity index (χ1v) is 4.07. The van der Waals surface area contributed by atoms with E-state index < -0.39 is 0 Å². The molecule has 2 aromatic rings. The van der Waals surface area contributed by atoms with E-state index >= 15 is 0 Å². The molecule has 0 bridgehead atoms. The van der Waals surface area contributed by atoms with Crippen molar-refractivity contribution in [2.24, 2.45) is 0 Å². The molecule has 2 rings (SSSR count). The van der Waals surface area contributed by atoms with Crippen LogP contribution in [0.5, 0.6) is 0 Å². The van der Waals surface area contributed by atoms with Gasteiger partial charge in [0, 0.05) is 24.8 Å². The first kappa shape index (κ1) is 7.69. The zero-order valence-corrected chi connectivity index (χ0v) is 6.99. The van der Waals surface area contributed by atoms with Crippen molar-refractivity contribution in [2.45, 2.75) is 5.92 Å². The fraction of sp³-hybridized carbons (Fsp3) is 0.100. The van der Waals surface area contributed by atoms with Gasteiger partial charge in [0.2, 0.25) is 0 Å². The second-order valence-electron chi connectivity index (χ2n) is 2.85. The Kier molecular flexibility index (Phi) is 1.89. The summed E-state index contributed by atoms with van der Waals surface area (Å²) < 4.78 is 0. The van der Waals surface area contributed by atoms with Gasteiger partial charge in [0.1, 0.15) is 0 Å². The summed E-state index contributed by atoms with van der Waals surface area (Å²) in [5.41, 5.74) is 2.00. The summed E-state index contributed by atoms with van der Waals surface area (Å²) in [4.78, 5) is 5.89. The molecule has 64 valence electrons. The molecule has 0 spiro atoms. The number of rotatable bonds is 2. The fourth-order valence-corrected chi connectivity index (χ4v) is 1.37. The Hall–Kier alpha value is -1.95. The Morgan fingerprint density at radius 2 is 1.62 bits per heavy atom. The molecule has 0 saturated heterocycles. The Bertz CT molecular complexity index is 358. The van der Waals surface area contributed by atoms with Crippen LogP contribution in [-0.2, 0) is 0 Å². The van der Waals surface area contributed by atoms with Gasteiger partial charge in [-0.2, -0.15) is 5.26 Å². The van der Waals surface area contributed by atoms with E-state index in [2.05, 4.69) is 16.0 Å². The Morgan fingerprint density at radius 1 is 1.08 bits per heavy atom. The van der Waals surface area contributed by atoms with Crippen LogP contribution in [0.25, 0.3) is 0 Å². The molecule has 3 heteroatoms. The third-order valence-corrected chi connectivity index (χ3v) is 2.04. The number of hydrogen-bond acceptors (Lipinski definition) is 1. The lowest BCUT2D eigenvalue weighted by Gasteiger charge is -2.02. The SMILES string of the molecule is N#CC(c1cc[nH]c1)c1cc[nH]c1. The summed E-state index contributed by atoms with van der Waals surface area (Å²) >= 11 is 0. The molecule has 0 radical (unpaired) electrons. The van der Waals surface area contributed by atoms with Crippen LogP contribution in [0.4, 0.5) is 0 Å². The van der Waals surface area contributed by atoms with Crippen molar-refractivity contribution in [3.8, 4) is 6.07 Å². The van der Waals surface area contributed by atoms with Gasteiger partial charge in [-0.25, -0.2) is 0 Å². The molecule has 0 amide bonds. The van der Waals surface area contributed by atoms with Gasteiger partial charge >= 0.3 is 0 Å². The lowest BCUT2D eigenvalue weighted by Crippen LogP contribution is -1.93. The molecule has 0 fully saturated rings. The van der Waals surface area contributed by atoms with E-state index in [4.69, 9.17) is 5.26 Å². The van der Waals surface area contributed by atoms with Crippen molar-refractivity contribution in [3.63, 3.8) is 0 Å². The van der Waals surface area contributed by atoms with Crippen LogP contribution in [-0.4, -0.2) is 9.97 Å². The summed E-state index contributed by atoms with van der Waals surface area (Å²) in [7, 11) is 0. The molecule has 0 aliphatic carbocycles. The maximum Gasteiger partial charge on any atom is 0.0991 e. The smallest absolute Gasteiger partial charge is 0.0991 e. The van der Waals surface area contributed by atoms with E-state index in [0.717, 1.165) is 11.1 Å². The first-order chi connectivity index (χ1) is 6.42. The Labute approximate surface area is 76.0 Å². The molecule has 0 aliphatic rings. The second-order valence-corrected chi connectivity index (χ2v) is 2.85. The van der Waals surface area contributed by atoms with Crippen LogP contribution < -0.4 is 0 Å². The number of aromatic amines is 2. The van der Waals surface area contributed by atoms with E-state index in [-0.39, 0.29) is 5.92 Å². The quantitative estimate of drug-likeness (QED) is 0.713. The molecule has 0 unspecified atom stereocenters. The van der Waals surface area contributed by atoms with E-state index in [1.807, 2.05) is 36.9 Å². The normalized spacial score (nSPS) is 10.2. The predicted molar refractivity (Wildman–Crippen MR) is 49.0 cm³/mol. The van der Waals surface area contributed by atoms with Gasteiger partial charge in [-0.1, -0.05) is 0 Å². The summed E-state index contributed by atoms with van der Waals surface area (Å²) in [6.07, 6.45) is 7.35. The Balaban J connectivity index is 2.36. The van der Waals surface area contributed by atoms with E-state index in [0.29, 0.717) is 0 Å². The molecule has 3 nitrogen and oxygen atoms in total. The molecule has 0 atom stereocenters. The summed E-state index contributed by atoms with van der Waals surface area (Å²) in [6, 6.07) is 6.10. The number of nitrogens with zero attached hydrogens (tertiary/aromatic N) is 1. The van der Waals surface area contributed by atoms with E-state index in [1.54, 1.807) is 0 Å². The standard InChI is InChI=1S/C10H9N3/c11-5-10(8-1-3-12-6-8)9-2-4-13-7-9/h1-4,6-7,10,12-13H. The van der Waals surface area contributed by atoms with Gasteiger partial charge in [-0.05, 0) is 23.3 Å². The van der Waals surface area contributed by atoms with Crippen molar-refractivity contribution in [2.75, 3.05) is 0 Å². The lowest BCUT2D eigenvalue weighted by molar-refractivity contribution is 1.04. The largest absolute Gasteiger partial charge is 0.367 e. The lowest BCUT2D eigenvalue weighted by atomic mass is 9.98. The van der Waals surface area contributed by atoms with E-state index in [9.17, 15) is 0 Å². The highest BCUT2D eigenvalue weighted by molar-refractivity contribution is 5.35. The van der Waals surface area contributed by atoms with Crippen molar-refractivity contribution in [1.82, 2.24) is 9.97 Å². The maximum atomic E-state index is 8.99. The second kappa shape index (κ2) is 3.20. The molecule has 2 aromatic heterocycles. The summed E-state index contributed by atoms with van der Waals surface area (Å²) in [6.45, 7) is 0. The molecular formula is C10H9N3. The minimum Gasteiger partial charge on any atom is -0.367 e. The van der Waals surface area contributed by atoms with Crippen LogP contribution in [0.1, 0.15) is 17.0 Å². The molecule has 0 aromatic carbocycles. The van der Waals surface area contributed by atoms with Gasteiger partial charge in [0.25, 0.3) is 0 Å². The van der Waals surface area contributed by atoms with Gasteiger partial charge in [-0.15, -0.1) is 0 Å². The van der Waals surface area contributed by atoms with Gasteiger partial charge in [0.15, 0.2) is 0 Å². The highest BCUT2D eigenvalue weighted by atomic mass is 14.6. The van der Waals surface area contributed by atoms with E-state index in [1.165, 1.54) is 0 Å². The average molecular weight is 171 g/mol. The van der Waals surface area contributed by atoms with Crippen LogP contribution in [0.15, 0.2) is 36.9 Å². The van der Waals surface area contributed by atoms with Crippen molar-refractivity contribution in [1.29, 1.82) is 5.26 Å². The molecule has 2 N–H and O–H groups in total. The molecular weight excluding hydrogens is 162 g/mol. The van der Waals surface area contributed by atoms with Crippen molar-refractivity contribution < 1.29 is 0 Å². The molecule has 0 aliphatic heterocycles. The summed E-state index contributed by atoms with van der Waals surface area (Å²) in [5, 5.41) is 8.99. The van der Waals surface area contributed by atoms with Gasteiger partial charge in [-0.3, -0.25) is 0 Å². The number of aromatic nitrogens is 2. The fourth-order valence-electron chi connectivity index (χ4n) is 1.37. The average Bonchev–Trinajstić information content (AvgIpc) is 2.76. The van der Waals surface area contributed by atoms with Crippen molar-refractivity contribution in [3.05, 3.63) is 48.0 Å².